The highest BCUT2D eigenvalue weighted by Gasteiger charge is 2.35. The molecule has 24 heavy (non-hydrogen) atoms. The van der Waals surface area contributed by atoms with Gasteiger partial charge in [-0.1, -0.05) is 0 Å². The summed E-state index contributed by atoms with van der Waals surface area (Å²) in [4.78, 5) is 12.1. The van der Waals surface area contributed by atoms with E-state index in [0.29, 0.717) is 11.6 Å². The van der Waals surface area contributed by atoms with Gasteiger partial charge in [0, 0.05) is 24.6 Å². The molecule has 1 amide bonds. The number of rotatable bonds is 6. The van der Waals surface area contributed by atoms with E-state index in [0.717, 1.165) is 30.9 Å². The van der Waals surface area contributed by atoms with Gasteiger partial charge in [-0.3, -0.25) is 4.79 Å². The van der Waals surface area contributed by atoms with Gasteiger partial charge in [-0.25, -0.2) is 4.68 Å². The summed E-state index contributed by atoms with van der Waals surface area (Å²) < 4.78 is 3.44. The number of aliphatic hydroxyl groups excluding tert-OH is 1. The Bertz CT molecular complexity index is 730. The van der Waals surface area contributed by atoms with Crippen LogP contribution in [0.15, 0.2) is 6.07 Å². The van der Waals surface area contributed by atoms with E-state index in [1.54, 1.807) is 6.07 Å². The maximum absolute atomic E-state index is 12.1. The Hall–Kier alpha value is -2.42. The molecule has 9 heteroatoms. The van der Waals surface area contributed by atoms with Crippen LogP contribution in [0.4, 0.5) is 5.82 Å². The molecule has 2 aromatic rings. The summed E-state index contributed by atoms with van der Waals surface area (Å²) in [6, 6.07) is 1.86. The summed E-state index contributed by atoms with van der Waals surface area (Å²) in [6.07, 6.45) is 1.64. The first-order chi connectivity index (χ1) is 11.5. The van der Waals surface area contributed by atoms with Crippen LogP contribution >= 0.6 is 0 Å². The lowest BCUT2D eigenvalue weighted by molar-refractivity contribution is -0.123. The van der Waals surface area contributed by atoms with E-state index in [2.05, 4.69) is 20.6 Å². The van der Waals surface area contributed by atoms with Crippen LogP contribution in [-0.2, 0) is 24.5 Å². The summed E-state index contributed by atoms with van der Waals surface area (Å²) in [5.74, 6) is 2.13. The minimum absolute atomic E-state index is 0.0961. The zero-order valence-corrected chi connectivity index (χ0v) is 13.9. The molecule has 0 radical (unpaired) electrons. The molecule has 3 rings (SSSR count). The van der Waals surface area contributed by atoms with Crippen LogP contribution in [0.3, 0.4) is 0 Å². The van der Waals surface area contributed by atoms with E-state index < -0.39 is 0 Å². The Morgan fingerprint density at radius 2 is 2.21 bits per heavy atom. The van der Waals surface area contributed by atoms with Gasteiger partial charge in [0.25, 0.3) is 0 Å². The van der Waals surface area contributed by atoms with E-state index >= 15 is 0 Å². The molecule has 9 nitrogen and oxygen atoms in total. The van der Waals surface area contributed by atoms with Crippen molar-refractivity contribution in [2.75, 3.05) is 5.73 Å². The third kappa shape index (κ3) is 3.12. The highest BCUT2D eigenvalue weighted by atomic mass is 16.3. The van der Waals surface area contributed by atoms with E-state index in [9.17, 15) is 9.90 Å². The second-order valence-corrected chi connectivity index (χ2v) is 6.18. The third-order valence-corrected chi connectivity index (χ3v) is 4.41. The Balaban J connectivity index is 1.53. The van der Waals surface area contributed by atoms with Gasteiger partial charge in [0.2, 0.25) is 5.91 Å². The van der Waals surface area contributed by atoms with Gasteiger partial charge in [0.15, 0.2) is 5.82 Å². The summed E-state index contributed by atoms with van der Waals surface area (Å²) in [7, 11) is 0. The molecule has 0 atom stereocenters. The van der Waals surface area contributed by atoms with Crippen LogP contribution in [0.2, 0.25) is 0 Å². The number of aryl methyl sites for hydroxylation is 1. The van der Waals surface area contributed by atoms with Gasteiger partial charge in [-0.15, -0.1) is 10.2 Å². The molecule has 0 aromatic carbocycles. The van der Waals surface area contributed by atoms with Gasteiger partial charge < -0.3 is 20.7 Å². The molecule has 0 aliphatic heterocycles. The lowest BCUT2D eigenvalue weighted by Crippen LogP contribution is -2.45. The summed E-state index contributed by atoms with van der Waals surface area (Å²) >= 11 is 0. The quantitative estimate of drug-likeness (QED) is 0.680. The van der Waals surface area contributed by atoms with Crippen LogP contribution in [0, 0.1) is 6.92 Å². The van der Waals surface area contributed by atoms with Crippen molar-refractivity contribution in [1.82, 2.24) is 29.9 Å². The average molecular weight is 333 g/mol. The third-order valence-electron chi connectivity index (χ3n) is 4.41. The molecular weight excluding hydrogens is 310 g/mol. The molecule has 2 heterocycles. The number of anilines is 1. The zero-order valence-electron chi connectivity index (χ0n) is 13.9. The molecule has 0 unspecified atom stereocenters. The fourth-order valence-electron chi connectivity index (χ4n) is 3.16. The number of aliphatic hydroxyl groups is 1. The first kappa shape index (κ1) is 16.4. The highest BCUT2D eigenvalue weighted by molar-refractivity contribution is 5.76. The minimum atomic E-state index is -0.113. The fraction of sp³-hybridized carbons (Fsp3) is 0.600. The standard InChI is InChI=1S/C15H23N7O2/c1-3-21-13(8-23)18-19-15(21)10-5-11(6-10)17-14(24)7-22-12(16)4-9(2)20-22/h4,10-11,23H,3,5-8,16H2,1-2H3,(H,17,24). The highest BCUT2D eigenvalue weighted by Crippen LogP contribution is 2.36. The van der Waals surface area contributed by atoms with Crippen molar-refractivity contribution < 1.29 is 9.90 Å². The predicted molar refractivity (Wildman–Crippen MR) is 86.9 cm³/mol. The molecule has 1 aliphatic carbocycles. The number of amides is 1. The monoisotopic (exact) mass is 333 g/mol. The average Bonchev–Trinajstić information content (AvgIpc) is 3.05. The van der Waals surface area contributed by atoms with Crippen LogP contribution in [0.5, 0.6) is 0 Å². The van der Waals surface area contributed by atoms with Crippen molar-refractivity contribution in [3.05, 3.63) is 23.4 Å². The SMILES string of the molecule is CCn1c(CO)nnc1C1CC(NC(=O)Cn2nc(C)cc2N)C1. The Kier molecular flexibility index (Phi) is 4.52. The van der Waals surface area contributed by atoms with Crippen LogP contribution in [0.1, 0.15) is 43.0 Å². The molecule has 130 valence electrons. The number of hydrogen-bond donors (Lipinski definition) is 3. The number of carbonyl (C=O) groups excluding carboxylic acids is 1. The number of nitrogens with zero attached hydrogens (tertiary/aromatic N) is 5. The first-order valence-corrected chi connectivity index (χ1v) is 8.14. The molecule has 1 saturated carbocycles. The summed E-state index contributed by atoms with van der Waals surface area (Å²) in [5.41, 5.74) is 6.59. The molecule has 0 spiro atoms. The molecule has 1 aliphatic rings. The number of aromatic nitrogens is 5. The predicted octanol–water partition coefficient (Wildman–Crippen LogP) is -0.0602. The minimum Gasteiger partial charge on any atom is -0.388 e. The maximum Gasteiger partial charge on any atom is 0.242 e. The second-order valence-electron chi connectivity index (χ2n) is 6.18. The number of hydrogen-bond acceptors (Lipinski definition) is 6. The lowest BCUT2D eigenvalue weighted by Gasteiger charge is -2.35. The van der Waals surface area contributed by atoms with Crippen molar-refractivity contribution >= 4 is 11.7 Å². The first-order valence-electron chi connectivity index (χ1n) is 8.14. The zero-order chi connectivity index (χ0) is 17.3. The van der Waals surface area contributed by atoms with Crippen LogP contribution < -0.4 is 11.1 Å². The van der Waals surface area contributed by atoms with Crippen LogP contribution in [0.25, 0.3) is 0 Å². The van der Waals surface area contributed by atoms with Crippen molar-refractivity contribution in [3.63, 3.8) is 0 Å². The van der Waals surface area contributed by atoms with Gasteiger partial charge in [-0.2, -0.15) is 5.10 Å². The van der Waals surface area contributed by atoms with Gasteiger partial charge in [0.1, 0.15) is 24.8 Å². The summed E-state index contributed by atoms with van der Waals surface area (Å²) in [5, 5.41) is 24.7. The fourth-order valence-corrected chi connectivity index (χ4v) is 3.16. The van der Waals surface area contributed by atoms with Crippen molar-refractivity contribution in [1.29, 1.82) is 0 Å². The molecule has 0 bridgehead atoms. The van der Waals surface area contributed by atoms with E-state index in [1.165, 1.54) is 4.68 Å². The molecule has 2 aromatic heterocycles. The van der Waals surface area contributed by atoms with Crippen molar-refractivity contribution in [2.24, 2.45) is 0 Å². The van der Waals surface area contributed by atoms with Gasteiger partial charge in [-0.05, 0) is 26.7 Å². The maximum atomic E-state index is 12.1. The van der Waals surface area contributed by atoms with Crippen molar-refractivity contribution in [3.8, 4) is 0 Å². The van der Waals surface area contributed by atoms with E-state index in [1.807, 2.05) is 18.4 Å². The number of nitrogen functional groups attached to an aromatic ring is 1. The normalized spacial score (nSPS) is 20.0. The van der Waals surface area contributed by atoms with E-state index in [-0.39, 0.29) is 31.0 Å². The van der Waals surface area contributed by atoms with E-state index in [4.69, 9.17) is 5.73 Å². The number of nitrogens with one attached hydrogen (secondary N) is 1. The smallest absolute Gasteiger partial charge is 0.242 e. The lowest BCUT2D eigenvalue weighted by atomic mass is 9.79. The Labute approximate surface area is 139 Å². The molecule has 4 N–H and O–H groups in total. The number of nitrogens with two attached hydrogens (primary N) is 1. The Morgan fingerprint density at radius 3 is 2.79 bits per heavy atom. The number of carbonyl (C=O) groups is 1. The largest absolute Gasteiger partial charge is 0.388 e. The Morgan fingerprint density at radius 1 is 1.46 bits per heavy atom. The van der Waals surface area contributed by atoms with Crippen LogP contribution in [-0.4, -0.2) is 41.6 Å². The summed E-state index contributed by atoms with van der Waals surface area (Å²) in [6.45, 7) is 4.58. The molecule has 0 saturated heterocycles. The molecular formula is C15H23N7O2. The van der Waals surface area contributed by atoms with Gasteiger partial charge >= 0.3 is 0 Å². The topological polar surface area (TPSA) is 124 Å². The molecule has 1 fully saturated rings. The van der Waals surface area contributed by atoms with Gasteiger partial charge in [0.05, 0.1) is 5.69 Å². The van der Waals surface area contributed by atoms with Crippen molar-refractivity contribution in [2.45, 2.75) is 58.3 Å². The second kappa shape index (κ2) is 6.60.